The minimum Gasteiger partial charge on any atom is -0.480 e. The van der Waals surface area contributed by atoms with Gasteiger partial charge in [-0.15, -0.1) is 0 Å². The van der Waals surface area contributed by atoms with Gasteiger partial charge in [0.1, 0.15) is 11.6 Å². The molecule has 2 rings (SSSR count). The van der Waals surface area contributed by atoms with Gasteiger partial charge in [0, 0.05) is 38.9 Å². The van der Waals surface area contributed by atoms with Gasteiger partial charge in [-0.25, -0.2) is 13.4 Å². The Labute approximate surface area is 134 Å². The number of sulfone groups is 1. The molecule has 0 atom stereocenters. The molecule has 2 heterocycles. The average molecular weight is 348 g/mol. The highest BCUT2D eigenvalue weighted by Crippen LogP contribution is 2.16. The Kier molecular flexibility index (Phi) is 5.60. The monoisotopic (exact) mass is 347 g/mol. The quantitative estimate of drug-likeness (QED) is 0.794. The Morgan fingerprint density at radius 3 is 2.50 bits per heavy atom. The fraction of sp³-hybridized carbons (Fsp3) is 0.538. The fourth-order valence-corrected chi connectivity index (χ4v) is 3.45. The van der Waals surface area contributed by atoms with Crippen LogP contribution in [0.1, 0.15) is 0 Å². The van der Waals surface area contributed by atoms with Crippen molar-refractivity contribution in [2.75, 3.05) is 49.1 Å². The maximum Gasteiger partial charge on any atom is 0.318 e. The van der Waals surface area contributed by atoms with Crippen LogP contribution in [0, 0.1) is 0 Å². The molecular formula is C13H18ClN3O4S. The molecular weight excluding hydrogens is 330 g/mol. The van der Waals surface area contributed by atoms with Gasteiger partial charge in [-0.05, 0) is 12.1 Å². The average Bonchev–Trinajstić information content (AvgIpc) is 2.45. The second-order valence-electron chi connectivity index (χ2n) is 5.15. The van der Waals surface area contributed by atoms with Crippen LogP contribution in [0.5, 0.6) is 0 Å². The highest BCUT2D eigenvalue weighted by atomic mass is 35.5. The van der Waals surface area contributed by atoms with E-state index in [1.54, 1.807) is 12.3 Å². The number of aliphatic carboxylic acids is 1. The van der Waals surface area contributed by atoms with Crippen molar-refractivity contribution in [3.63, 3.8) is 0 Å². The second kappa shape index (κ2) is 7.26. The summed E-state index contributed by atoms with van der Waals surface area (Å²) in [6.45, 7) is 3.28. The molecule has 1 N–H and O–H groups in total. The normalized spacial score (nSPS) is 16.7. The molecule has 22 heavy (non-hydrogen) atoms. The van der Waals surface area contributed by atoms with Crippen molar-refractivity contribution in [3.8, 4) is 0 Å². The number of carboxylic acids is 1. The number of pyridine rings is 1. The first-order chi connectivity index (χ1) is 10.4. The predicted molar refractivity (Wildman–Crippen MR) is 84.2 cm³/mol. The van der Waals surface area contributed by atoms with E-state index in [9.17, 15) is 13.2 Å². The first-order valence-electron chi connectivity index (χ1n) is 6.87. The molecule has 1 aliphatic rings. The number of nitrogens with zero attached hydrogens (tertiary/aromatic N) is 3. The zero-order chi connectivity index (χ0) is 16.2. The van der Waals surface area contributed by atoms with Gasteiger partial charge >= 0.3 is 5.97 Å². The summed E-state index contributed by atoms with van der Waals surface area (Å²) in [4.78, 5) is 18.9. The molecule has 1 aromatic rings. The predicted octanol–water partition coefficient (Wildman–Crippen LogP) is 0.356. The van der Waals surface area contributed by atoms with Crippen LogP contribution in [0.25, 0.3) is 0 Å². The fourth-order valence-electron chi connectivity index (χ4n) is 2.28. The van der Waals surface area contributed by atoms with Gasteiger partial charge in [0.05, 0.1) is 10.8 Å². The van der Waals surface area contributed by atoms with Gasteiger partial charge in [-0.3, -0.25) is 9.69 Å². The minimum absolute atomic E-state index is 0.126. The van der Waals surface area contributed by atoms with Crippen molar-refractivity contribution in [1.82, 2.24) is 9.88 Å². The van der Waals surface area contributed by atoms with E-state index in [0.717, 1.165) is 18.9 Å². The number of rotatable bonds is 6. The number of anilines is 1. The maximum absolute atomic E-state index is 11.6. The second-order valence-corrected chi connectivity index (χ2v) is 7.77. The third-order valence-corrected chi connectivity index (χ3v) is 5.18. The number of carbonyl (C=O) groups is 1. The van der Waals surface area contributed by atoms with E-state index in [4.69, 9.17) is 16.7 Å². The van der Waals surface area contributed by atoms with Crippen molar-refractivity contribution in [2.45, 2.75) is 0 Å². The Morgan fingerprint density at radius 2 is 1.95 bits per heavy atom. The number of hydrogen-bond acceptors (Lipinski definition) is 6. The van der Waals surface area contributed by atoms with Gasteiger partial charge in [-0.1, -0.05) is 11.6 Å². The molecule has 0 radical (unpaired) electrons. The number of halogens is 1. The lowest BCUT2D eigenvalue weighted by Gasteiger charge is -2.35. The topological polar surface area (TPSA) is 90.8 Å². The third-order valence-electron chi connectivity index (χ3n) is 3.47. The molecule has 122 valence electrons. The van der Waals surface area contributed by atoms with E-state index in [0.29, 0.717) is 24.7 Å². The summed E-state index contributed by atoms with van der Waals surface area (Å²) >= 11 is 5.81. The smallest absolute Gasteiger partial charge is 0.318 e. The molecule has 0 spiro atoms. The van der Waals surface area contributed by atoms with Gasteiger partial charge in [0.15, 0.2) is 9.84 Å². The van der Waals surface area contributed by atoms with E-state index >= 15 is 0 Å². The van der Waals surface area contributed by atoms with E-state index in [1.165, 1.54) is 0 Å². The lowest BCUT2D eigenvalue weighted by atomic mass is 10.3. The zero-order valence-corrected chi connectivity index (χ0v) is 13.6. The number of hydrogen-bond donors (Lipinski definition) is 1. The zero-order valence-electron chi connectivity index (χ0n) is 12.0. The van der Waals surface area contributed by atoms with Crippen LogP contribution >= 0.6 is 11.6 Å². The van der Waals surface area contributed by atoms with Crippen LogP contribution < -0.4 is 4.90 Å². The molecule has 1 aliphatic heterocycles. The number of piperazine rings is 1. The van der Waals surface area contributed by atoms with Gasteiger partial charge in [0.2, 0.25) is 0 Å². The summed E-state index contributed by atoms with van der Waals surface area (Å²) in [6, 6.07) is 3.64. The third kappa shape index (κ3) is 5.11. The van der Waals surface area contributed by atoms with Crippen LogP contribution in [-0.2, 0) is 14.6 Å². The van der Waals surface area contributed by atoms with Crippen LogP contribution in [0.3, 0.4) is 0 Å². The molecule has 0 bridgehead atoms. The van der Waals surface area contributed by atoms with Crippen molar-refractivity contribution in [2.24, 2.45) is 0 Å². The Morgan fingerprint density at radius 1 is 1.27 bits per heavy atom. The van der Waals surface area contributed by atoms with Crippen LogP contribution in [0.4, 0.5) is 5.82 Å². The van der Waals surface area contributed by atoms with E-state index < -0.39 is 21.6 Å². The molecule has 1 fully saturated rings. The van der Waals surface area contributed by atoms with Crippen LogP contribution in [0.15, 0.2) is 18.3 Å². The molecule has 0 aromatic carbocycles. The number of carboxylic acid groups (broad SMARTS) is 1. The van der Waals surface area contributed by atoms with Crippen molar-refractivity contribution < 1.29 is 18.3 Å². The Balaban J connectivity index is 1.80. The van der Waals surface area contributed by atoms with E-state index in [1.807, 2.05) is 11.0 Å². The molecule has 0 amide bonds. The van der Waals surface area contributed by atoms with Crippen LogP contribution in [-0.4, -0.2) is 73.6 Å². The first kappa shape index (κ1) is 17.0. The lowest BCUT2D eigenvalue weighted by Crippen LogP contribution is -2.48. The minimum atomic E-state index is -3.53. The SMILES string of the molecule is O=C(O)CS(=O)(=O)CCN1CCN(c2ccc(Cl)cn2)CC1. The first-order valence-corrected chi connectivity index (χ1v) is 9.07. The van der Waals surface area contributed by atoms with Gasteiger partial charge in [-0.2, -0.15) is 0 Å². The van der Waals surface area contributed by atoms with E-state index in [2.05, 4.69) is 9.88 Å². The summed E-state index contributed by atoms with van der Waals surface area (Å²) in [6.07, 6.45) is 1.60. The molecule has 1 aromatic heterocycles. The van der Waals surface area contributed by atoms with Crippen molar-refractivity contribution >= 4 is 33.2 Å². The summed E-state index contributed by atoms with van der Waals surface area (Å²) in [7, 11) is -3.53. The van der Waals surface area contributed by atoms with Gasteiger partial charge in [0.25, 0.3) is 0 Å². The Hall–Kier alpha value is -1.38. The molecule has 0 aliphatic carbocycles. The number of aromatic nitrogens is 1. The maximum atomic E-state index is 11.6. The molecule has 0 saturated carbocycles. The lowest BCUT2D eigenvalue weighted by molar-refractivity contribution is -0.134. The molecule has 0 unspecified atom stereocenters. The van der Waals surface area contributed by atoms with Gasteiger partial charge < -0.3 is 10.0 Å². The Bertz CT molecular complexity index is 613. The van der Waals surface area contributed by atoms with E-state index in [-0.39, 0.29) is 5.75 Å². The summed E-state index contributed by atoms with van der Waals surface area (Å²) in [5.74, 6) is -1.39. The summed E-state index contributed by atoms with van der Waals surface area (Å²) < 4.78 is 23.1. The largest absolute Gasteiger partial charge is 0.480 e. The van der Waals surface area contributed by atoms with Crippen LogP contribution in [0.2, 0.25) is 5.02 Å². The molecule has 9 heteroatoms. The highest BCUT2D eigenvalue weighted by molar-refractivity contribution is 7.92. The van der Waals surface area contributed by atoms with Crippen molar-refractivity contribution in [3.05, 3.63) is 23.4 Å². The summed E-state index contributed by atoms with van der Waals surface area (Å²) in [5.41, 5.74) is 0. The summed E-state index contributed by atoms with van der Waals surface area (Å²) in [5, 5.41) is 9.14. The highest BCUT2D eigenvalue weighted by Gasteiger charge is 2.21. The standard InChI is InChI=1S/C13H18ClN3O4S/c14-11-1-2-12(15-9-11)17-5-3-16(4-6-17)7-8-22(20,21)10-13(18)19/h1-2,9H,3-8,10H2,(H,18,19). The molecule has 1 saturated heterocycles. The molecule has 7 nitrogen and oxygen atoms in total. The van der Waals surface area contributed by atoms with Crippen molar-refractivity contribution in [1.29, 1.82) is 0 Å².